The van der Waals surface area contributed by atoms with E-state index in [2.05, 4.69) is 74.4 Å². The Kier molecular flexibility index (Phi) is 4.12. The van der Waals surface area contributed by atoms with Gasteiger partial charge < -0.3 is 4.90 Å². The minimum Gasteiger partial charge on any atom is -0.309 e. The molecule has 0 saturated carbocycles. The summed E-state index contributed by atoms with van der Waals surface area (Å²) < 4.78 is 0. The van der Waals surface area contributed by atoms with E-state index in [1.54, 1.807) is 5.56 Å². The van der Waals surface area contributed by atoms with E-state index in [-0.39, 0.29) is 0 Å². The Morgan fingerprint density at radius 2 is 1.52 bits per heavy atom. The van der Waals surface area contributed by atoms with Crippen LogP contribution >= 0.6 is 0 Å². The zero-order valence-electron chi connectivity index (χ0n) is 13.3. The van der Waals surface area contributed by atoms with Gasteiger partial charge in [-0.05, 0) is 61.7 Å². The quantitative estimate of drug-likeness (QED) is 0.803. The van der Waals surface area contributed by atoms with E-state index in [1.807, 2.05) is 0 Å². The Hall–Kier alpha value is -1.60. The number of fused-ring (bicyclic) bond motifs is 2. The lowest BCUT2D eigenvalue weighted by atomic mass is 9.87. The lowest BCUT2D eigenvalue weighted by Gasteiger charge is -2.21. The van der Waals surface area contributed by atoms with Gasteiger partial charge in [-0.25, -0.2) is 0 Å². The number of nitrogens with zero attached hydrogens (tertiary/aromatic N) is 1. The molecule has 0 heterocycles. The lowest BCUT2D eigenvalue weighted by molar-refractivity contribution is 0.380. The topological polar surface area (TPSA) is 3.24 Å². The van der Waals surface area contributed by atoms with Gasteiger partial charge in [-0.2, -0.15) is 0 Å². The van der Waals surface area contributed by atoms with Crippen molar-refractivity contribution in [2.45, 2.75) is 31.6 Å². The van der Waals surface area contributed by atoms with Crippen molar-refractivity contribution in [1.29, 1.82) is 0 Å². The van der Waals surface area contributed by atoms with Gasteiger partial charge in [0.05, 0.1) is 0 Å². The second-order valence-electron chi connectivity index (χ2n) is 6.54. The van der Waals surface area contributed by atoms with Gasteiger partial charge in [-0.3, -0.25) is 0 Å². The first kappa shape index (κ1) is 14.3. The monoisotopic (exact) mass is 279 g/mol. The second kappa shape index (κ2) is 6.03. The molecule has 0 spiro atoms. The van der Waals surface area contributed by atoms with Gasteiger partial charge in [-0.15, -0.1) is 0 Å². The van der Waals surface area contributed by atoms with Gasteiger partial charge in [0.25, 0.3) is 0 Å². The van der Waals surface area contributed by atoms with Crippen LogP contribution in [0, 0.1) is 0 Å². The van der Waals surface area contributed by atoms with Crippen molar-refractivity contribution in [2.75, 3.05) is 20.6 Å². The summed E-state index contributed by atoms with van der Waals surface area (Å²) in [6, 6.07) is 18.0. The standard InChI is InChI=1S/C20H25N/c1-15-18-9-5-4-8-16(18)14-17(12-13-21(2)3)20-11-7-6-10-19(15)20/h4-11,15,17H,12-14H2,1-3H3/t15-,17+/m1/s1. The van der Waals surface area contributed by atoms with E-state index in [1.165, 1.54) is 29.5 Å². The van der Waals surface area contributed by atoms with Crippen LogP contribution in [0.2, 0.25) is 0 Å². The molecular formula is C20H25N. The molecule has 1 nitrogen and oxygen atoms in total. The molecule has 2 aromatic carbocycles. The van der Waals surface area contributed by atoms with Crippen molar-refractivity contribution in [3.8, 4) is 0 Å². The molecule has 1 heteroatoms. The molecule has 0 aromatic heterocycles. The second-order valence-corrected chi connectivity index (χ2v) is 6.54. The third-order valence-electron chi connectivity index (χ3n) is 4.82. The zero-order valence-corrected chi connectivity index (χ0v) is 13.3. The van der Waals surface area contributed by atoms with Gasteiger partial charge in [0.15, 0.2) is 0 Å². The predicted octanol–water partition coefficient (Wildman–Crippen LogP) is 4.43. The Morgan fingerprint density at radius 1 is 0.905 bits per heavy atom. The van der Waals surface area contributed by atoms with Crippen molar-refractivity contribution in [3.63, 3.8) is 0 Å². The summed E-state index contributed by atoms with van der Waals surface area (Å²) in [4.78, 5) is 2.29. The highest BCUT2D eigenvalue weighted by Crippen LogP contribution is 2.39. The van der Waals surface area contributed by atoms with E-state index in [4.69, 9.17) is 0 Å². The van der Waals surface area contributed by atoms with Crippen LogP contribution in [0.25, 0.3) is 0 Å². The van der Waals surface area contributed by atoms with Crippen molar-refractivity contribution in [3.05, 3.63) is 70.8 Å². The summed E-state index contributed by atoms with van der Waals surface area (Å²) >= 11 is 0. The SMILES string of the molecule is C[C@@H]1c2ccccc2C[C@H](CCN(C)C)c2ccccc21. The average molecular weight is 279 g/mol. The van der Waals surface area contributed by atoms with Crippen LogP contribution in [0.5, 0.6) is 0 Å². The zero-order chi connectivity index (χ0) is 14.8. The summed E-state index contributed by atoms with van der Waals surface area (Å²) in [5.74, 6) is 1.14. The highest BCUT2D eigenvalue weighted by Gasteiger charge is 2.25. The normalized spacial score (nSPS) is 20.8. The Labute approximate surface area is 128 Å². The van der Waals surface area contributed by atoms with Gasteiger partial charge in [-0.1, -0.05) is 55.5 Å². The third kappa shape index (κ3) is 2.89. The van der Waals surface area contributed by atoms with Crippen LogP contribution in [0.3, 0.4) is 0 Å². The van der Waals surface area contributed by atoms with Gasteiger partial charge in [0.1, 0.15) is 0 Å². The van der Waals surface area contributed by atoms with Crippen LogP contribution in [0.4, 0.5) is 0 Å². The lowest BCUT2D eigenvalue weighted by Crippen LogP contribution is -2.17. The fourth-order valence-corrected chi connectivity index (χ4v) is 3.63. The summed E-state index contributed by atoms with van der Waals surface area (Å²) in [5.41, 5.74) is 6.12. The van der Waals surface area contributed by atoms with Crippen LogP contribution < -0.4 is 0 Å². The maximum atomic E-state index is 2.35. The molecule has 0 aliphatic heterocycles. The molecule has 3 rings (SSSR count). The highest BCUT2D eigenvalue weighted by atomic mass is 15.0. The highest BCUT2D eigenvalue weighted by molar-refractivity contribution is 5.46. The molecule has 2 atom stereocenters. The molecule has 0 fully saturated rings. The van der Waals surface area contributed by atoms with Crippen molar-refractivity contribution in [1.82, 2.24) is 4.90 Å². The fraction of sp³-hybridized carbons (Fsp3) is 0.400. The Balaban J connectivity index is 2.04. The van der Waals surface area contributed by atoms with E-state index in [0.717, 1.165) is 6.54 Å². The minimum absolute atomic E-state index is 0.502. The molecule has 21 heavy (non-hydrogen) atoms. The minimum atomic E-state index is 0.502. The van der Waals surface area contributed by atoms with Crippen molar-refractivity contribution >= 4 is 0 Å². The van der Waals surface area contributed by atoms with E-state index in [9.17, 15) is 0 Å². The Bertz CT molecular complexity index is 615. The largest absolute Gasteiger partial charge is 0.309 e. The van der Waals surface area contributed by atoms with Crippen LogP contribution in [0.1, 0.15) is 47.4 Å². The summed E-state index contributed by atoms with van der Waals surface area (Å²) in [6.45, 7) is 3.50. The predicted molar refractivity (Wildman–Crippen MR) is 90.0 cm³/mol. The smallest absolute Gasteiger partial charge is 0.00665 e. The molecule has 0 bridgehead atoms. The molecule has 0 radical (unpaired) electrons. The number of hydrogen-bond donors (Lipinski definition) is 0. The van der Waals surface area contributed by atoms with Crippen LogP contribution in [-0.2, 0) is 6.42 Å². The Morgan fingerprint density at radius 3 is 2.24 bits per heavy atom. The van der Waals surface area contributed by atoms with Crippen LogP contribution in [0.15, 0.2) is 48.5 Å². The first-order valence-corrected chi connectivity index (χ1v) is 7.98. The fourth-order valence-electron chi connectivity index (χ4n) is 3.63. The molecule has 0 amide bonds. The van der Waals surface area contributed by atoms with E-state index >= 15 is 0 Å². The number of benzene rings is 2. The van der Waals surface area contributed by atoms with Crippen molar-refractivity contribution < 1.29 is 0 Å². The number of hydrogen-bond acceptors (Lipinski definition) is 1. The first-order valence-electron chi connectivity index (χ1n) is 7.98. The van der Waals surface area contributed by atoms with Gasteiger partial charge in [0, 0.05) is 5.92 Å². The molecule has 0 unspecified atom stereocenters. The first-order chi connectivity index (χ1) is 10.2. The molecular weight excluding hydrogens is 254 g/mol. The molecule has 1 aliphatic carbocycles. The average Bonchev–Trinajstić information content (AvgIpc) is 2.62. The molecule has 0 N–H and O–H groups in total. The maximum Gasteiger partial charge on any atom is 0.00665 e. The van der Waals surface area contributed by atoms with Gasteiger partial charge >= 0.3 is 0 Å². The van der Waals surface area contributed by atoms with Gasteiger partial charge in [0.2, 0.25) is 0 Å². The molecule has 0 saturated heterocycles. The van der Waals surface area contributed by atoms with E-state index < -0.39 is 0 Å². The molecule has 110 valence electrons. The van der Waals surface area contributed by atoms with Crippen LogP contribution in [-0.4, -0.2) is 25.5 Å². The summed E-state index contributed by atoms with van der Waals surface area (Å²) in [6.07, 6.45) is 2.40. The summed E-state index contributed by atoms with van der Waals surface area (Å²) in [5, 5.41) is 0. The third-order valence-corrected chi connectivity index (χ3v) is 4.82. The van der Waals surface area contributed by atoms with E-state index in [0.29, 0.717) is 11.8 Å². The van der Waals surface area contributed by atoms with Crippen molar-refractivity contribution in [2.24, 2.45) is 0 Å². The summed E-state index contributed by atoms with van der Waals surface area (Å²) in [7, 11) is 4.33. The molecule has 1 aliphatic rings. The maximum absolute atomic E-state index is 2.35. The molecule has 2 aromatic rings. The number of rotatable bonds is 3.